The van der Waals surface area contributed by atoms with Crippen molar-refractivity contribution in [2.75, 3.05) is 40.1 Å². The SMILES string of the molecule is COCCOCCOCC(=O)N[C@@H](C)C(=O)N[C@@H](C)C(=O)N[C@@H](CC(N)=O)C(=O)OC(C)(C)C.O=C(O)C(F)(F)F. The Morgan fingerprint density at radius 3 is 1.76 bits per heavy atom. The Bertz CT molecular complexity index is 880. The fraction of sp³-hybridized carbons (Fsp3) is 0.739. The highest BCUT2D eigenvalue weighted by Crippen LogP contribution is 2.13. The highest BCUT2D eigenvalue weighted by molar-refractivity contribution is 5.94. The monoisotopic (exact) mass is 604 g/mol. The van der Waals surface area contributed by atoms with Gasteiger partial charge in [0.25, 0.3) is 0 Å². The quantitative estimate of drug-likeness (QED) is 0.106. The molecule has 41 heavy (non-hydrogen) atoms. The van der Waals surface area contributed by atoms with Crippen LogP contribution >= 0.6 is 0 Å². The molecule has 0 saturated heterocycles. The summed E-state index contributed by atoms with van der Waals surface area (Å²) in [4.78, 5) is 69.1. The van der Waals surface area contributed by atoms with Gasteiger partial charge >= 0.3 is 18.1 Å². The lowest BCUT2D eigenvalue weighted by Gasteiger charge is -2.25. The van der Waals surface area contributed by atoms with Crippen LogP contribution in [0.2, 0.25) is 0 Å². The summed E-state index contributed by atoms with van der Waals surface area (Å²) in [6, 6.07) is -3.35. The van der Waals surface area contributed by atoms with E-state index in [-0.39, 0.29) is 13.2 Å². The van der Waals surface area contributed by atoms with Gasteiger partial charge in [0.15, 0.2) is 0 Å². The number of alkyl halides is 3. The summed E-state index contributed by atoms with van der Waals surface area (Å²) < 4.78 is 52.1. The van der Waals surface area contributed by atoms with E-state index in [1.807, 2.05) is 0 Å². The Morgan fingerprint density at radius 2 is 1.29 bits per heavy atom. The van der Waals surface area contributed by atoms with Crippen LogP contribution in [0.1, 0.15) is 41.0 Å². The standard InChI is InChI=1S/C21H38N4O9.C2HF3O2/c1-13(23-17(27)12-33-10-9-32-8-7-31-6)18(28)24-14(2)19(29)25-15(11-16(22)26)20(30)34-21(3,4)5;3-2(4,5)1(6)7/h13-15H,7-12H2,1-6H3,(H2,22,26)(H,23,27)(H,24,28)(H,25,29);(H,6,7)/t13-,14-,15-;/m0./s1. The molecule has 0 aromatic rings. The smallest absolute Gasteiger partial charge is 0.475 e. The Labute approximate surface area is 234 Å². The van der Waals surface area contributed by atoms with E-state index in [1.54, 1.807) is 27.9 Å². The molecule has 0 aliphatic rings. The number of methoxy groups -OCH3 is 1. The molecular formula is C23H39F3N4O11. The van der Waals surface area contributed by atoms with Gasteiger partial charge in [0.05, 0.1) is 32.8 Å². The second-order valence-electron chi connectivity index (χ2n) is 9.25. The molecule has 0 fully saturated rings. The van der Waals surface area contributed by atoms with Crippen LogP contribution in [0.3, 0.4) is 0 Å². The second-order valence-corrected chi connectivity index (χ2v) is 9.25. The van der Waals surface area contributed by atoms with Gasteiger partial charge in [-0.05, 0) is 34.6 Å². The molecule has 0 saturated carbocycles. The molecule has 0 bridgehead atoms. The van der Waals surface area contributed by atoms with E-state index in [1.165, 1.54) is 13.8 Å². The summed E-state index contributed by atoms with van der Waals surface area (Å²) >= 11 is 0. The minimum absolute atomic E-state index is 0.193. The van der Waals surface area contributed by atoms with Gasteiger partial charge in [-0.2, -0.15) is 13.2 Å². The molecule has 18 heteroatoms. The van der Waals surface area contributed by atoms with Crippen LogP contribution in [0.25, 0.3) is 0 Å². The number of hydrogen-bond acceptors (Lipinski definition) is 10. The zero-order chi connectivity index (χ0) is 32.4. The number of primary amides is 1. The molecule has 0 unspecified atom stereocenters. The van der Waals surface area contributed by atoms with Gasteiger partial charge in [-0.25, -0.2) is 9.59 Å². The summed E-state index contributed by atoms with van der Waals surface area (Å²) in [5, 5.41) is 14.3. The number of hydrogen-bond donors (Lipinski definition) is 5. The number of carboxylic acid groups (broad SMARTS) is 1. The molecule has 0 spiro atoms. The minimum Gasteiger partial charge on any atom is -0.475 e. The van der Waals surface area contributed by atoms with Crippen LogP contribution in [0.4, 0.5) is 13.2 Å². The molecule has 3 atom stereocenters. The van der Waals surface area contributed by atoms with E-state index in [9.17, 15) is 37.1 Å². The second kappa shape index (κ2) is 19.5. The van der Waals surface area contributed by atoms with Crippen LogP contribution < -0.4 is 21.7 Å². The highest BCUT2D eigenvalue weighted by Gasteiger charge is 2.38. The maximum atomic E-state index is 12.4. The normalized spacial score (nSPS) is 13.4. The average Bonchev–Trinajstić information content (AvgIpc) is 2.81. The summed E-state index contributed by atoms with van der Waals surface area (Å²) in [6.45, 7) is 8.79. The Balaban J connectivity index is 0. The first-order valence-corrected chi connectivity index (χ1v) is 12.1. The molecule has 238 valence electrons. The van der Waals surface area contributed by atoms with Crippen molar-refractivity contribution in [2.45, 2.75) is 70.9 Å². The van der Waals surface area contributed by atoms with Crippen molar-refractivity contribution in [3.05, 3.63) is 0 Å². The van der Waals surface area contributed by atoms with E-state index in [0.717, 1.165) is 0 Å². The molecule has 0 aliphatic carbocycles. The Kier molecular flexibility index (Phi) is 18.9. The topological polar surface area (TPSA) is 222 Å². The molecule has 0 aromatic heterocycles. The maximum absolute atomic E-state index is 12.4. The lowest BCUT2D eigenvalue weighted by molar-refractivity contribution is -0.192. The van der Waals surface area contributed by atoms with Gasteiger partial charge in [-0.15, -0.1) is 0 Å². The summed E-state index contributed by atoms with van der Waals surface area (Å²) in [5.41, 5.74) is 4.31. The van der Waals surface area contributed by atoms with Crippen LogP contribution in [-0.4, -0.2) is 111 Å². The van der Waals surface area contributed by atoms with Gasteiger partial charge in [-0.3, -0.25) is 19.2 Å². The molecular weight excluding hydrogens is 565 g/mol. The maximum Gasteiger partial charge on any atom is 0.490 e. The van der Waals surface area contributed by atoms with Crippen molar-refractivity contribution in [3.63, 3.8) is 0 Å². The number of esters is 1. The molecule has 0 aromatic carbocycles. The molecule has 6 N–H and O–H groups in total. The van der Waals surface area contributed by atoms with Gasteiger partial charge in [0.2, 0.25) is 23.6 Å². The molecule has 0 aliphatic heterocycles. The number of carbonyl (C=O) groups excluding carboxylic acids is 5. The van der Waals surface area contributed by atoms with Crippen LogP contribution in [0, 0.1) is 0 Å². The number of ether oxygens (including phenoxy) is 4. The third-order valence-corrected chi connectivity index (χ3v) is 4.22. The first-order chi connectivity index (χ1) is 18.7. The average molecular weight is 605 g/mol. The van der Waals surface area contributed by atoms with Crippen molar-refractivity contribution in [1.29, 1.82) is 0 Å². The zero-order valence-electron chi connectivity index (χ0n) is 23.7. The van der Waals surface area contributed by atoms with E-state index in [2.05, 4.69) is 16.0 Å². The summed E-state index contributed by atoms with van der Waals surface area (Å²) in [6.07, 6.45) is -5.55. The van der Waals surface area contributed by atoms with Crippen molar-refractivity contribution in [1.82, 2.24) is 16.0 Å². The van der Waals surface area contributed by atoms with Gasteiger partial charge < -0.3 is 45.7 Å². The lowest BCUT2D eigenvalue weighted by atomic mass is 10.1. The van der Waals surface area contributed by atoms with Gasteiger partial charge in [0.1, 0.15) is 30.3 Å². The van der Waals surface area contributed by atoms with E-state index in [0.29, 0.717) is 19.8 Å². The predicted octanol–water partition coefficient (Wildman–Crippen LogP) is -0.989. The predicted molar refractivity (Wildman–Crippen MR) is 134 cm³/mol. The number of halogens is 3. The Hall–Kier alpha value is -3.51. The largest absolute Gasteiger partial charge is 0.490 e. The van der Waals surface area contributed by atoms with Crippen molar-refractivity contribution >= 4 is 35.6 Å². The summed E-state index contributed by atoms with van der Waals surface area (Å²) in [5.74, 6) is -6.30. The molecule has 0 rings (SSSR count). The number of carboxylic acids is 1. The van der Waals surface area contributed by atoms with Crippen LogP contribution in [0.15, 0.2) is 0 Å². The fourth-order valence-electron chi connectivity index (χ4n) is 2.34. The first kappa shape index (κ1) is 39.6. The third kappa shape index (κ3) is 21.9. The van der Waals surface area contributed by atoms with E-state index >= 15 is 0 Å². The number of carbonyl (C=O) groups is 6. The molecule has 15 nitrogen and oxygen atoms in total. The number of rotatable bonds is 16. The van der Waals surface area contributed by atoms with Gasteiger partial charge in [-0.1, -0.05) is 0 Å². The number of amides is 4. The van der Waals surface area contributed by atoms with Crippen molar-refractivity contribution in [2.24, 2.45) is 5.73 Å². The molecule has 4 amide bonds. The molecule has 0 heterocycles. The molecule has 0 radical (unpaired) electrons. The van der Waals surface area contributed by atoms with E-state index < -0.39 is 71.9 Å². The minimum atomic E-state index is -5.08. The van der Waals surface area contributed by atoms with Gasteiger partial charge in [0, 0.05) is 7.11 Å². The zero-order valence-corrected chi connectivity index (χ0v) is 23.7. The van der Waals surface area contributed by atoms with E-state index in [4.69, 9.17) is 34.6 Å². The summed E-state index contributed by atoms with van der Waals surface area (Å²) in [7, 11) is 1.56. The number of nitrogens with one attached hydrogen (secondary N) is 3. The van der Waals surface area contributed by atoms with Crippen LogP contribution in [0.5, 0.6) is 0 Å². The third-order valence-electron chi connectivity index (χ3n) is 4.22. The fourth-order valence-corrected chi connectivity index (χ4v) is 2.34. The van der Waals surface area contributed by atoms with Crippen molar-refractivity contribution in [3.8, 4) is 0 Å². The van der Waals surface area contributed by atoms with Crippen molar-refractivity contribution < 1.29 is 66.0 Å². The number of nitrogens with two attached hydrogens (primary N) is 1. The van der Waals surface area contributed by atoms with Crippen LogP contribution in [-0.2, 0) is 47.7 Å². The lowest BCUT2D eigenvalue weighted by Crippen LogP contribution is -2.55. The highest BCUT2D eigenvalue weighted by atomic mass is 19.4. The Morgan fingerprint density at radius 1 is 0.829 bits per heavy atom. The number of aliphatic carboxylic acids is 1. The first-order valence-electron chi connectivity index (χ1n) is 12.1.